The minimum atomic E-state index is -0.245. The van der Waals surface area contributed by atoms with Crippen LogP contribution in [0.1, 0.15) is 6.42 Å². The topological polar surface area (TPSA) is 35.5 Å². The van der Waals surface area contributed by atoms with Crippen molar-refractivity contribution in [3.8, 4) is 0 Å². The Morgan fingerprint density at radius 1 is 1.33 bits per heavy atom. The average Bonchev–Trinajstić information content (AvgIpc) is 2.57. The molecule has 0 saturated carbocycles. The fourth-order valence-corrected chi connectivity index (χ4v) is 2.61. The maximum Gasteiger partial charge on any atom is 0.168 e. The number of hydrogen-bond acceptors (Lipinski definition) is 4. The molecule has 0 aromatic rings. The Morgan fingerprint density at radius 2 is 2.08 bits per heavy atom. The molecule has 2 aliphatic heterocycles. The highest BCUT2D eigenvalue weighted by atomic mass is 32.2. The summed E-state index contributed by atoms with van der Waals surface area (Å²) in [6.07, 6.45) is 0.434. The molecule has 0 bridgehead atoms. The number of carbonyl (C=O) groups excluding carboxylic acids is 1. The van der Waals surface area contributed by atoms with E-state index >= 15 is 0 Å². The van der Waals surface area contributed by atoms with Gasteiger partial charge in [-0.3, -0.25) is 4.79 Å². The second kappa shape index (κ2) is 3.77. The van der Waals surface area contributed by atoms with Crippen LogP contribution in [0.2, 0.25) is 0 Å². The fraction of sp³-hybridized carbons (Fsp3) is 0.875. The van der Waals surface area contributed by atoms with Gasteiger partial charge in [0, 0.05) is 17.9 Å². The van der Waals surface area contributed by atoms with Crippen LogP contribution in [0.25, 0.3) is 0 Å². The highest BCUT2D eigenvalue weighted by Crippen LogP contribution is 2.26. The number of ether oxygens (including phenoxy) is 2. The van der Waals surface area contributed by atoms with Crippen LogP contribution in [0.5, 0.6) is 0 Å². The van der Waals surface area contributed by atoms with Crippen LogP contribution in [0, 0.1) is 5.92 Å². The lowest BCUT2D eigenvalue weighted by molar-refractivity contribution is -0.137. The second-order valence-corrected chi connectivity index (χ2v) is 4.16. The molecule has 2 rings (SSSR count). The van der Waals surface area contributed by atoms with Crippen LogP contribution in [-0.2, 0) is 14.3 Å². The summed E-state index contributed by atoms with van der Waals surface area (Å²) in [5, 5.41) is 0. The molecule has 1 unspecified atom stereocenters. The third kappa shape index (κ3) is 1.65. The molecule has 2 aliphatic rings. The van der Waals surface area contributed by atoms with Crippen molar-refractivity contribution < 1.29 is 14.3 Å². The molecule has 0 aliphatic carbocycles. The summed E-state index contributed by atoms with van der Waals surface area (Å²) in [7, 11) is 0. The molecule has 0 N–H and O–H groups in total. The minimum absolute atomic E-state index is 0.00810. The summed E-state index contributed by atoms with van der Waals surface area (Å²) in [6.45, 7) is 1.28. The van der Waals surface area contributed by atoms with E-state index in [0.29, 0.717) is 25.4 Å². The molecule has 4 heteroatoms. The predicted molar refractivity (Wildman–Crippen MR) is 46.1 cm³/mol. The summed E-state index contributed by atoms with van der Waals surface area (Å²) < 4.78 is 10.6. The van der Waals surface area contributed by atoms with Gasteiger partial charge in [-0.15, -0.1) is 0 Å². The van der Waals surface area contributed by atoms with Crippen molar-refractivity contribution in [3.63, 3.8) is 0 Å². The van der Waals surface area contributed by atoms with Gasteiger partial charge in [-0.25, -0.2) is 0 Å². The number of ketones is 1. The Labute approximate surface area is 75.8 Å². The largest absolute Gasteiger partial charge is 0.349 e. The van der Waals surface area contributed by atoms with Crippen molar-refractivity contribution in [2.24, 2.45) is 5.92 Å². The van der Waals surface area contributed by atoms with Crippen LogP contribution < -0.4 is 0 Å². The highest BCUT2D eigenvalue weighted by Gasteiger charge is 2.34. The lowest BCUT2D eigenvalue weighted by Crippen LogP contribution is -2.34. The highest BCUT2D eigenvalue weighted by molar-refractivity contribution is 7.99. The van der Waals surface area contributed by atoms with Gasteiger partial charge in [0.15, 0.2) is 6.29 Å². The van der Waals surface area contributed by atoms with E-state index in [-0.39, 0.29) is 12.2 Å². The third-order valence-electron chi connectivity index (χ3n) is 2.18. The van der Waals surface area contributed by atoms with E-state index in [2.05, 4.69) is 0 Å². The van der Waals surface area contributed by atoms with E-state index in [0.717, 1.165) is 11.5 Å². The molecule has 1 atom stereocenters. The van der Waals surface area contributed by atoms with Crippen molar-refractivity contribution in [1.29, 1.82) is 0 Å². The van der Waals surface area contributed by atoms with Gasteiger partial charge in [-0.2, -0.15) is 11.8 Å². The number of rotatable bonds is 1. The molecular weight excluding hydrogens is 176 g/mol. The van der Waals surface area contributed by atoms with E-state index in [1.54, 1.807) is 0 Å². The molecule has 68 valence electrons. The maximum absolute atomic E-state index is 11.4. The van der Waals surface area contributed by atoms with Gasteiger partial charge in [0.2, 0.25) is 0 Å². The number of thioether (sulfide) groups is 1. The molecule has 12 heavy (non-hydrogen) atoms. The van der Waals surface area contributed by atoms with Crippen LogP contribution in [-0.4, -0.2) is 36.8 Å². The van der Waals surface area contributed by atoms with Crippen molar-refractivity contribution in [2.75, 3.05) is 24.7 Å². The monoisotopic (exact) mass is 188 g/mol. The summed E-state index contributed by atoms with van der Waals surface area (Å²) in [6, 6.07) is 0. The van der Waals surface area contributed by atoms with Crippen LogP contribution in [0.3, 0.4) is 0 Å². The Hall–Kier alpha value is -0.0600. The van der Waals surface area contributed by atoms with E-state index in [1.807, 2.05) is 11.8 Å². The lowest BCUT2D eigenvalue weighted by Gasteiger charge is -2.23. The van der Waals surface area contributed by atoms with E-state index in [4.69, 9.17) is 9.47 Å². The van der Waals surface area contributed by atoms with Gasteiger partial charge in [-0.1, -0.05) is 0 Å². The summed E-state index contributed by atoms with van der Waals surface area (Å²) >= 11 is 1.81. The molecule has 0 aromatic heterocycles. The maximum atomic E-state index is 11.4. The van der Waals surface area contributed by atoms with Crippen molar-refractivity contribution >= 4 is 17.5 Å². The van der Waals surface area contributed by atoms with Crippen molar-refractivity contribution in [1.82, 2.24) is 0 Å². The Morgan fingerprint density at radius 3 is 2.75 bits per heavy atom. The Kier molecular flexibility index (Phi) is 2.68. The molecule has 2 fully saturated rings. The summed E-state index contributed by atoms with van der Waals surface area (Å²) in [5.74, 6) is 2.12. The summed E-state index contributed by atoms with van der Waals surface area (Å²) in [4.78, 5) is 11.4. The van der Waals surface area contributed by atoms with Crippen molar-refractivity contribution in [3.05, 3.63) is 0 Å². The first-order valence-electron chi connectivity index (χ1n) is 4.21. The second-order valence-electron chi connectivity index (χ2n) is 3.01. The molecule has 0 amide bonds. The quantitative estimate of drug-likeness (QED) is 0.606. The molecular formula is C8H12O3S. The van der Waals surface area contributed by atoms with E-state index < -0.39 is 0 Å². The smallest absolute Gasteiger partial charge is 0.168 e. The zero-order valence-corrected chi connectivity index (χ0v) is 7.64. The van der Waals surface area contributed by atoms with E-state index in [1.165, 1.54) is 0 Å². The van der Waals surface area contributed by atoms with Crippen LogP contribution in [0.4, 0.5) is 0 Å². The Bertz CT molecular complexity index is 177. The lowest BCUT2D eigenvalue weighted by atomic mass is 10.0. The van der Waals surface area contributed by atoms with Gasteiger partial charge in [0.25, 0.3) is 0 Å². The van der Waals surface area contributed by atoms with Gasteiger partial charge in [0.05, 0.1) is 19.1 Å². The molecule has 2 saturated heterocycles. The zero-order valence-electron chi connectivity index (χ0n) is 6.82. The number of carbonyl (C=O) groups is 1. The third-order valence-corrected chi connectivity index (χ3v) is 3.27. The first-order chi connectivity index (χ1) is 5.88. The van der Waals surface area contributed by atoms with Gasteiger partial charge < -0.3 is 9.47 Å². The average molecular weight is 188 g/mol. The molecule has 3 nitrogen and oxygen atoms in total. The molecule has 0 aromatic carbocycles. The fourth-order valence-electron chi connectivity index (χ4n) is 1.50. The minimum Gasteiger partial charge on any atom is -0.349 e. The molecule has 2 heterocycles. The van der Waals surface area contributed by atoms with Gasteiger partial charge in [-0.05, 0) is 0 Å². The normalized spacial score (nSPS) is 32.7. The first-order valence-corrected chi connectivity index (χ1v) is 5.37. The van der Waals surface area contributed by atoms with Gasteiger partial charge >= 0.3 is 0 Å². The number of hydrogen-bond donors (Lipinski definition) is 0. The standard InChI is InChI=1S/C8H12O3S/c9-7-1-4-12-5-6(7)8-10-2-3-11-8/h6,8H,1-5H2. The first kappa shape index (κ1) is 8.53. The Balaban J connectivity index is 1.95. The predicted octanol–water partition coefficient (Wildman–Crippen LogP) is 0.681. The van der Waals surface area contributed by atoms with Crippen molar-refractivity contribution in [2.45, 2.75) is 12.7 Å². The summed E-state index contributed by atoms with van der Waals surface area (Å²) in [5.41, 5.74) is 0. The zero-order chi connectivity index (χ0) is 8.39. The van der Waals surface area contributed by atoms with Crippen LogP contribution in [0.15, 0.2) is 0 Å². The van der Waals surface area contributed by atoms with Crippen LogP contribution >= 0.6 is 11.8 Å². The SMILES string of the molecule is O=C1CCSCC1C1OCCO1. The van der Waals surface area contributed by atoms with Gasteiger partial charge in [0.1, 0.15) is 5.78 Å². The molecule has 0 radical (unpaired) electrons. The molecule has 0 spiro atoms. The number of Topliss-reactive ketones (excluding diaryl/α,β-unsaturated/α-hetero) is 1. The van der Waals surface area contributed by atoms with E-state index in [9.17, 15) is 4.79 Å².